The highest BCUT2D eigenvalue weighted by atomic mass is 15.1. The van der Waals surface area contributed by atoms with Gasteiger partial charge < -0.3 is 10.2 Å². The van der Waals surface area contributed by atoms with Crippen molar-refractivity contribution in [2.45, 2.75) is 58.3 Å². The first kappa shape index (κ1) is 14.0. The third kappa shape index (κ3) is 7.24. The monoisotopic (exact) mass is 226 g/mol. The number of hydrogen-bond acceptors (Lipinski definition) is 2. The molecule has 0 amide bonds. The zero-order valence-corrected chi connectivity index (χ0v) is 11.1. The third-order valence-corrected chi connectivity index (χ3v) is 3.45. The normalized spacial score (nSPS) is 17.8. The molecule has 0 unspecified atom stereocenters. The lowest BCUT2D eigenvalue weighted by atomic mass is 10.1. The number of likely N-dealkylation sites (tertiary alicyclic amines) is 1. The first-order chi connectivity index (χ1) is 7.93. The smallest absolute Gasteiger partial charge is 0.00187 e. The van der Waals surface area contributed by atoms with Crippen LogP contribution < -0.4 is 5.32 Å². The molecule has 0 aromatic rings. The number of nitrogens with one attached hydrogen (secondary N) is 1. The van der Waals surface area contributed by atoms with Crippen LogP contribution in [0.4, 0.5) is 0 Å². The Hall–Kier alpha value is -0.0800. The van der Waals surface area contributed by atoms with Gasteiger partial charge in [0, 0.05) is 0 Å². The molecule has 1 saturated heterocycles. The summed E-state index contributed by atoms with van der Waals surface area (Å²) >= 11 is 0. The van der Waals surface area contributed by atoms with Gasteiger partial charge in [0.05, 0.1) is 0 Å². The minimum atomic E-state index is 1.19. The SMILES string of the molecule is CCCNCCCCCCN1CCCCC1. The summed E-state index contributed by atoms with van der Waals surface area (Å²) in [7, 11) is 0. The molecule has 1 rings (SSSR count). The lowest BCUT2D eigenvalue weighted by Crippen LogP contribution is -2.30. The molecule has 0 aromatic heterocycles. The van der Waals surface area contributed by atoms with E-state index in [0.717, 1.165) is 0 Å². The van der Waals surface area contributed by atoms with E-state index in [1.807, 2.05) is 0 Å². The number of hydrogen-bond donors (Lipinski definition) is 1. The second-order valence-electron chi connectivity index (χ2n) is 5.07. The predicted octanol–water partition coefficient (Wildman–Crippen LogP) is 3.03. The highest BCUT2D eigenvalue weighted by Crippen LogP contribution is 2.10. The largest absolute Gasteiger partial charge is 0.317 e. The van der Waals surface area contributed by atoms with Crippen molar-refractivity contribution in [2.24, 2.45) is 0 Å². The molecule has 0 aromatic carbocycles. The topological polar surface area (TPSA) is 15.3 Å². The summed E-state index contributed by atoms with van der Waals surface area (Å²) in [6, 6.07) is 0. The maximum atomic E-state index is 3.46. The van der Waals surface area contributed by atoms with Gasteiger partial charge in [-0.2, -0.15) is 0 Å². The van der Waals surface area contributed by atoms with Crippen LogP contribution in [0.3, 0.4) is 0 Å². The van der Waals surface area contributed by atoms with Crippen LogP contribution in [0.5, 0.6) is 0 Å². The molecule has 0 spiro atoms. The molecule has 1 aliphatic heterocycles. The Morgan fingerprint density at radius 1 is 0.875 bits per heavy atom. The summed E-state index contributed by atoms with van der Waals surface area (Å²) < 4.78 is 0. The molecular weight excluding hydrogens is 196 g/mol. The molecule has 0 atom stereocenters. The van der Waals surface area contributed by atoms with Crippen LogP contribution in [0.15, 0.2) is 0 Å². The summed E-state index contributed by atoms with van der Waals surface area (Å²) in [6.45, 7) is 8.70. The van der Waals surface area contributed by atoms with Gasteiger partial charge in [-0.05, 0) is 64.8 Å². The van der Waals surface area contributed by atoms with Crippen LogP contribution in [-0.4, -0.2) is 37.6 Å². The van der Waals surface area contributed by atoms with E-state index < -0.39 is 0 Å². The zero-order chi connectivity index (χ0) is 11.5. The van der Waals surface area contributed by atoms with Gasteiger partial charge in [0.25, 0.3) is 0 Å². The molecule has 0 saturated carbocycles. The second-order valence-corrected chi connectivity index (χ2v) is 5.07. The Morgan fingerprint density at radius 2 is 1.62 bits per heavy atom. The van der Waals surface area contributed by atoms with Crippen LogP contribution >= 0.6 is 0 Å². The number of nitrogens with zero attached hydrogens (tertiary/aromatic N) is 1. The molecule has 0 bridgehead atoms. The van der Waals surface area contributed by atoms with Crippen LogP contribution in [0, 0.1) is 0 Å². The van der Waals surface area contributed by atoms with Crippen LogP contribution in [0.2, 0.25) is 0 Å². The van der Waals surface area contributed by atoms with Gasteiger partial charge in [-0.1, -0.05) is 26.2 Å². The van der Waals surface area contributed by atoms with E-state index in [0.29, 0.717) is 0 Å². The molecule has 2 heteroatoms. The first-order valence-corrected chi connectivity index (χ1v) is 7.36. The van der Waals surface area contributed by atoms with Crippen LogP contribution in [0.25, 0.3) is 0 Å². The number of piperidine rings is 1. The fourth-order valence-corrected chi connectivity index (χ4v) is 2.42. The maximum Gasteiger partial charge on any atom is -0.00187 e. The molecule has 16 heavy (non-hydrogen) atoms. The van der Waals surface area contributed by atoms with Gasteiger partial charge in [0.1, 0.15) is 0 Å². The van der Waals surface area contributed by atoms with E-state index >= 15 is 0 Å². The summed E-state index contributed by atoms with van der Waals surface area (Å²) in [5.74, 6) is 0. The van der Waals surface area contributed by atoms with Gasteiger partial charge >= 0.3 is 0 Å². The molecule has 96 valence electrons. The van der Waals surface area contributed by atoms with Gasteiger partial charge in [-0.25, -0.2) is 0 Å². The Balaban J connectivity index is 1.77. The molecule has 1 heterocycles. The summed E-state index contributed by atoms with van der Waals surface area (Å²) in [6.07, 6.45) is 11.2. The lowest BCUT2D eigenvalue weighted by Gasteiger charge is -2.26. The average Bonchev–Trinajstić information content (AvgIpc) is 2.34. The zero-order valence-electron chi connectivity index (χ0n) is 11.1. The van der Waals surface area contributed by atoms with Gasteiger partial charge in [0.2, 0.25) is 0 Å². The molecule has 1 aliphatic rings. The maximum absolute atomic E-state index is 3.46. The van der Waals surface area contributed by atoms with Crippen molar-refractivity contribution in [3.63, 3.8) is 0 Å². The van der Waals surface area contributed by atoms with Crippen LogP contribution in [-0.2, 0) is 0 Å². The minimum absolute atomic E-state index is 1.19. The van der Waals surface area contributed by atoms with Crippen molar-refractivity contribution in [1.82, 2.24) is 10.2 Å². The Bertz CT molecular complexity index is 142. The van der Waals surface area contributed by atoms with E-state index in [4.69, 9.17) is 0 Å². The van der Waals surface area contributed by atoms with E-state index in [1.54, 1.807) is 0 Å². The Morgan fingerprint density at radius 3 is 2.38 bits per heavy atom. The van der Waals surface area contributed by atoms with Crippen molar-refractivity contribution in [3.8, 4) is 0 Å². The molecule has 1 N–H and O–H groups in total. The van der Waals surface area contributed by atoms with Crippen LogP contribution in [0.1, 0.15) is 58.3 Å². The Labute approximate surface area is 102 Å². The molecule has 0 radical (unpaired) electrons. The highest BCUT2D eigenvalue weighted by Gasteiger charge is 2.08. The lowest BCUT2D eigenvalue weighted by molar-refractivity contribution is 0.224. The Kier molecular flexibility index (Phi) is 8.83. The summed E-state index contributed by atoms with van der Waals surface area (Å²) in [5, 5.41) is 3.46. The van der Waals surface area contributed by atoms with Gasteiger partial charge in [-0.15, -0.1) is 0 Å². The average molecular weight is 226 g/mol. The van der Waals surface area contributed by atoms with E-state index in [1.165, 1.54) is 84.1 Å². The highest BCUT2D eigenvalue weighted by molar-refractivity contribution is 4.64. The van der Waals surface area contributed by atoms with E-state index in [9.17, 15) is 0 Å². The molecular formula is C14H30N2. The van der Waals surface area contributed by atoms with Crippen molar-refractivity contribution < 1.29 is 0 Å². The molecule has 2 nitrogen and oxygen atoms in total. The molecule has 1 fully saturated rings. The van der Waals surface area contributed by atoms with E-state index in [2.05, 4.69) is 17.1 Å². The fraction of sp³-hybridized carbons (Fsp3) is 1.00. The van der Waals surface area contributed by atoms with Gasteiger partial charge in [0.15, 0.2) is 0 Å². The summed E-state index contributed by atoms with van der Waals surface area (Å²) in [4.78, 5) is 2.65. The van der Waals surface area contributed by atoms with Crippen molar-refractivity contribution in [3.05, 3.63) is 0 Å². The minimum Gasteiger partial charge on any atom is -0.317 e. The van der Waals surface area contributed by atoms with Crippen molar-refractivity contribution >= 4 is 0 Å². The number of unbranched alkanes of at least 4 members (excludes halogenated alkanes) is 3. The third-order valence-electron chi connectivity index (χ3n) is 3.45. The number of rotatable bonds is 9. The van der Waals surface area contributed by atoms with Crippen molar-refractivity contribution in [1.29, 1.82) is 0 Å². The first-order valence-electron chi connectivity index (χ1n) is 7.36. The van der Waals surface area contributed by atoms with Crippen molar-refractivity contribution in [2.75, 3.05) is 32.7 Å². The standard InChI is InChI=1S/C14H30N2/c1-2-10-15-11-6-3-4-7-12-16-13-8-5-9-14-16/h15H,2-14H2,1H3. The quantitative estimate of drug-likeness (QED) is 0.608. The predicted molar refractivity (Wildman–Crippen MR) is 71.9 cm³/mol. The fourth-order valence-electron chi connectivity index (χ4n) is 2.42. The van der Waals surface area contributed by atoms with E-state index in [-0.39, 0.29) is 0 Å². The van der Waals surface area contributed by atoms with Gasteiger partial charge in [-0.3, -0.25) is 0 Å². The molecule has 0 aliphatic carbocycles. The second kappa shape index (κ2) is 10.1. The summed E-state index contributed by atoms with van der Waals surface area (Å²) in [5.41, 5.74) is 0.